The van der Waals surface area contributed by atoms with Crippen molar-refractivity contribution in [3.05, 3.63) is 73.8 Å². The van der Waals surface area contributed by atoms with Gasteiger partial charge in [0.05, 0.1) is 36.3 Å². The van der Waals surface area contributed by atoms with Gasteiger partial charge in [-0.15, -0.1) is 5.60 Å². The summed E-state index contributed by atoms with van der Waals surface area (Å²) in [6.07, 6.45) is 9.19. The third-order valence-electron chi connectivity index (χ3n) is 8.91. The molecule has 67 heavy (non-hydrogen) atoms. The zero-order valence-electron chi connectivity index (χ0n) is 43.1. The summed E-state index contributed by atoms with van der Waals surface area (Å²) < 4.78 is 31.2. The number of rotatable bonds is 27. The molecule has 0 saturated heterocycles. The van der Waals surface area contributed by atoms with Gasteiger partial charge in [0.2, 0.25) is 0 Å². The number of nitrogens with zero attached hydrogens (tertiary/aromatic N) is 4. The summed E-state index contributed by atoms with van der Waals surface area (Å²) >= 11 is 0. The van der Waals surface area contributed by atoms with Crippen LogP contribution in [0.25, 0.3) is 5.57 Å². The summed E-state index contributed by atoms with van der Waals surface area (Å²) in [5.41, 5.74) is 2.29. The molecule has 0 fully saturated rings. The second-order valence-corrected chi connectivity index (χ2v) is 18.0. The van der Waals surface area contributed by atoms with Crippen molar-refractivity contribution >= 4 is 53.6 Å². The van der Waals surface area contributed by atoms with Crippen LogP contribution in [0, 0.1) is 20.2 Å². The summed E-state index contributed by atoms with van der Waals surface area (Å²) in [4.78, 5) is 60.5. The van der Waals surface area contributed by atoms with Crippen LogP contribution in [-0.2, 0) is 32.7 Å². The number of hydrogen-bond acceptors (Lipinski definition) is 15. The Morgan fingerprint density at radius 2 is 1.00 bits per heavy atom. The van der Waals surface area contributed by atoms with Gasteiger partial charge in [0.1, 0.15) is 17.5 Å². The summed E-state index contributed by atoms with van der Waals surface area (Å²) in [5.74, 6) is -1.15. The number of hydrogen-bond donors (Lipinski definition) is 0. The number of nitro groups is 2. The Balaban J connectivity index is -0.000000896. The number of ketones is 1. The number of carbonyl (C=O) groups is 3. The molecule has 0 saturated carbocycles. The molecule has 0 N–H and O–H groups in total. The normalized spacial score (nSPS) is 10.9. The van der Waals surface area contributed by atoms with Crippen molar-refractivity contribution in [1.82, 2.24) is 0 Å². The average molecular weight is 975 g/mol. The van der Waals surface area contributed by atoms with E-state index in [9.17, 15) is 44.3 Å². The molecule has 2 rings (SSSR count). The van der Waals surface area contributed by atoms with Crippen molar-refractivity contribution in [1.29, 1.82) is 0 Å². The fourth-order valence-electron chi connectivity index (χ4n) is 5.77. The van der Waals surface area contributed by atoms with Crippen LogP contribution in [-0.4, -0.2) is 91.9 Å². The number of anilines is 2. The Kier molecular flexibility index (Phi) is 38.5. The molecule has 0 spiro atoms. The average Bonchev–Trinajstić information content (AvgIpc) is 3.23. The Morgan fingerprint density at radius 1 is 0.642 bits per heavy atom. The Morgan fingerprint density at radius 3 is 1.31 bits per heavy atom. The molecule has 0 aliphatic carbocycles. The van der Waals surface area contributed by atoms with Crippen LogP contribution in [0.1, 0.15) is 157 Å². The number of ether oxygens (including phenoxy) is 2. The first-order chi connectivity index (χ1) is 31.0. The number of carbonyl (C=O) groups excluding carboxylic acids is 3. The first kappa shape index (κ1) is 67.6. The summed E-state index contributed by atoms with van der Waals surface area (Å²) in [5, 5.41) is 33.1. The third kappa shape index (κ3) is 31.1. The second kappa shape index (κ2) is 38.2. The molecule has 2 aromatic carbocycles. The van der Waals surface area contributed by atoms with E-state index in [1.165, 1.54) is 19.1 Å². The monoisotopic (exact) mass is 975 g/mol. The predicted octanol–water partition coefficient (Wildman–Crippen LogP) is 8.14. The van der Waals surface area contributed by atoms with E-state index < -0.39 is 30.1 Å². The minimum Gasteiger partial charge on any atom is -0.850 e. The number of benzene rings is 2. The molecular formula is C48H80N4NaO13P. The molecule has 0 amide bonds. The van der Waals surface area contributed by atoms with E-state index in [0.717, 1.165) is 77.5 Å². The molecule has 0 radical (unpaired) electrons. The van der Waals surface area contributed by atoms with Crippen LogP contribution in [0.3, 0.4) is 0 Å². The van der Waals surface area contributed by atoms with E-state index in [-0.39, 0.29) is 77.6 Å². The Hall–Kier alpha value is -3.70. The van der Waals surface area contributed by atoms with Gasteiger partial charge in [0.25, 0.3) is 11.4 Å². The zero-order chi connectivity index (χ0) is 50.9. The number of esters is 2. The van der Waals surface area contributed by atoms with Crippen molar-refractivity contribution in [2.45, 2.75) is 147 Å². The summed E-state index contributed by atoms with van der Waals surface area (Å²) in [6.45, 7) is 27.6. The Labute approximate surface area is 422 Å². The van der Waals surface area contributed by atoms with Gasteiger partial charge < -0.3 is 33.4 Å². The van der Waals surface area contributed by atoms with E-state index in [0.29, 0.717) is 34.7 Å². The van der Waals surface area contributed by atoms with Crippen molar-refractivity contribution < 1.29 is 82.0 Å². The zero-order valence-corrected chi connectivity index (χ0v) is 46.0. The first-order valence-electron chi connectivity index (χ1n) is 23.2. The van der Waals surface area contributed by atoms with Crippen molar-refractivity contribution in [2.24, 2.45) is 0 Å². The van der Waals surface area contributed by atoms with Crippen LogP contribution in [0.15, 0.2) is 42.5 Å². The van der Waals surface area contributed by atoms with Crippen molar-refractivity contribution in [2.75, 3.05) is 68.6 Å². The smallest absolute Gasteiger partial charge is 0.850 e. The van der Waals surface area contributed by atoms with Crippen molar-refractivity contribution in [3.63, 3.8) is 0 Å². The molecule has 0 unspecified atom stereocenters. The van der Waals surface area contributed by atoms with E-state index in [1.807, 2.05) is 6.07 Å². The van der Waals surface area contributed by atoms with Gasteiger partial charge in [0, 0.05) is 50.0 Å². The standard InChI is InChI=1S/C20H30N2O4.C16H24N2O3.C8H17O5P.C4H9O.Na/c1-5-8-12-21(13-9-6-2)18-11-10-17(15-19(18)22(24)25)16(4)14-20(23)26-7-3;1-4-6-10-17(11-7-5-2)15-9-8-14(13(3)19)12-16(15)18(20)21;1-4-11-8(9)7-14(10,12-5-2)13-6-3;1-4(2,3)5;/h10-11,14-15H,5-9,12-13H2,1-4H3;8-9,12H,4-7,10-11H2,1-3H3;4-7H2,1-3H3;1-3H3;/q;;;-1;+1/b16-14+;;;;. The molecule has 376 valence electrons. The van der Waals surface area contributed by atoms with Crippen molar-refractivity contribution in [3.8, 4) is 0 Å². The van der Waals surface area contributed by atoms with Crippen LogP contribution >= 0.6 is 7.60 Å². The van der Waals surface area contributed by atoms with E-state index in [1.54, 1.807) is 79.7 Å². The van der Waals surface area contributed by atoms with E-state index in [4.69, 9.17) is 13.8 Å². The molecule has 0 heterocycles. The maximum absolute atomic E-state index is 11.8. The maximum Gasteiger partial charge on any atom is 1.00 e. The van der Waals surface area contributed by atoms with Gasteiger partial charge in [-0.1, -0.05) is 80.2 Å². The molecular weight excluding hydrogens is 895 g/mol. The third-order valence-corrected chi connectivity index (χ3v) is 10.9. The van der Waals surface area contributed by atoms with Crippen LogP contribution in [0.4, 0.5) is 22.7 Å². The molecule has 0 aromatic heterocycles. The second-order valence-electron chi connectivity index (χ2n) is 16.0. The number of nitro benzene ring substituents is 2. The van der Waals surface area contributed by atoms with Crippen LogP contribution in [0.5, 0.6) is 0 Å². The topological polar surface area (TPSA) is 221 Å². The Bertz CT molecular complexity index is 1810. The van der Waals surface area contributed by atoms with Gasteiger partial charge in [-0.05, 0) is 96.6 Å². The molecule has 0 bridgehead atoms. The van der Waals surface area contributed by atoms with Crippen LogP contribution in [0.2, 0.25) is 0 Å². The van der Waals surface area contributed by atoms with E-state index in [2.05, 4.69) is 42.2 Å². The fraction of sp³-hybridized carbons (Fsp3) is 0.646. The number of unbranched alkanes of at least 4 members (excludes halogenated alkanes) is 4. The van der Waals surface area contributed by atoms with Gasteiger partial charge in [-0.25, -0.2) is 4.79 Å². The predicted molar refractivity (Wildman–Crippen MR) is 263 cm³/mol. The molecule has 0 aliphatic rings. The molecule has 0 atom stereocenters. The maximum atomic E-state index is 11.8. The molecule has 17 nitrogen and oxygen atoms in total. The quantitative estimate of drug-likeness (QED) is 0.0157. The summed E-state index contributed by atoms with van der Waals surface area (Å²) in [7, 11) is -3.28. The number of allylic oxidation sites excluding steroid dienone is 1. The van der Waals surface area contributed by atoms with Gasteiger partial charge in [-0.2, -0.15) is 0 Å². The molecule has 19 heteroatoms. The minimum atomic E-state index is -3.28. The number of Topliss-reactive ketones (excluding diaryl/α,β-unsaturated/α-hetero) is 1. The van der Waals surface area contributed by atoms with Gasteiger partial charge in [-0.3, -0.25) is 34.4 Å². The minimum absolute atomic E-state index is 0. The van der Waals surface area contributed by atoms with Gasteiger partial charge in [0.15, 0.2) is 5.78 Å². The van der Waals surface area contributed by atoms with Crippen LogP contribution < -0.4 is 44.5 Å². The van der Waals surface area contributed by atoms with Gasteiger partial charge >= 0.3 is 49.1 Å². The summed E-state index contributed by atoms with van der Waals surface area (Å²) in [6, 6.07) is 9.95. The molecule has 0 aliphatic heterocycles. The fourth-order valence-corrected chi connectivity index (χ4v) is 7.22. The van der Waals surface area contributed by atoms with E-state index >= 15 is 0 Å². The SMILES string of the molecule is CC(C)(C)[O-].CCCCN(CCCC)c1ccc(/C(C)=C/C(=O)OCC)cc1[N+](=O)[O-].CCCCN(CCCC)c1ccc(C(C)=O)cc1[N+](=O)[O-].CCOC(=O)CP(=O)(OCC)OCC.[Na+]. The first-order valence-corrected chi connectivity index (χ1v) is 24.9. The largest absolute Gasteiger partial charge is 1.00 e. The molecule has 2 aromatic rings.